The first-order valence-corrected chi connectivity index (χ1v) is 7.66. The van der Waals surface area contributed by atoms with Crippen molar-refractivity contribution in [1.82, 2.24) is 5.32 Å². The van der Waals surface area contributed by atoms with Crippen LogP contribution in [0.4, 0.5) is 5.69 Å². The molecule has 0 aliphatic heterocycles. The zero-order valence-corrected chi connectivity index (χ0v) is 14.0. The molecular formula is C17H17BrN2O2. The van der Waals surface area contributed by atoms with Gasteiger partial charge in [0, 0.05) is 10.2 Å². The standard InChI is InChI=1S/C17H17BrN2O2/c1-11-7-8-13(9-12(11)2)20-16(21)10-19-17(22)14-5-3-4-6-15(14)18/h3-9H,10H2,1-2H3,(H,19,22)(H,20,21). The molecule has 0 aromatic heterocycles. The second-order valence-corrected chi connectivity index (χ2v) is 5.86. The molecule has 2 N–H and O–H groups in total. The Bertz CT molecular complexity index is 714. The minimum absolute atomic E-state index is 0.0763. The van der Waals surface area contributed by atoms with E-state index in [2.05, 4.69) is 26.6 Å². The molecule has 0 radical (unpaired) electrons. The predicted octanol–water partition coefficient (Wildman–Crippen LogP) is 3.43. The Balaban J connectivity index is 1.91. The van der Waals surface area contributed by atoms with E-state index in [-0.39, 0.29) is 18.4 Å². The summed E-state index contributed by atoms with van der Waals surface area (Å²) in [5.74, 6) is -0.550. The number of hydrogen-bond acceptors (Lipinski definition) is 2. The van der Waals surface area contributed by atoms with Crippen LogP contribution in [0.25, 0.3) is 0 Å². The van der Waals surface area contributed by atoms with Crippen LogP contribution in [0.1, 0.15) is 21.5 Å². The summed E-state index contributed by atoms with van der Waals surface area (Å²) in [5.41, 5.74) is 3.50. The lowest BCUT2D eigenvalue weighted by Gasteiger charge is -2.09. The smallest absolute Gasteiger partial charge is 0.252 e. The maximum Gasteiger partial charge on any atom is 0.252 e. The van der Waals surface area contributed by atoms with E-state index < -0.39 is 0 Å². The Kier molecular flexibility index (Phi) is 5.33. The molecule has 2 rings (SSSR count). The van der Waals surface area contributed by atoms with Crippen LogP contribution >= 0.6 is 15.9 Å². The Morgan fingerprint density at radius 3 is 2.45 bits per heavy atom. The first kappa shape index (κ1) is 16.2. The molecule has 0 heterocycles. The molecule has 0 bridgehead atoms. The van der Waals surface area contributed by atoms with Gasteiger partial charge in [0.25, 0.3) is 5.91 Å². The van der Waals surface area contributed by atoms with Gasteiger partial charge in [0.15, 0.2) is 0 Å². The third-order valence-electron chi connectivity index (χ3n) is 3.32. The van der Waals surface area contributed by atoms with Gasteiger partial charge in [-0.3, -0.25) is 9.59 Å². The molecule has 4 nitrogen and oxygen atoms in total. The van der Waals surface area contributed by atoms with Crippen molar-refractivity contribution in [2.75, 3.05) is 11.9 Å². The number of benzene rings is 2. The highest BCUT2D eigenvalue weighted by atomic mass is 79.9. The van der Waals surface area contributed by atoms with Crippen molar-refractivity contribution in [2.45, 2.75) is 13.8 Å². The first-order valence-electron chi connectivity index (χ1n) is 6.87. The third kappa shape index (κ3) is 4.18. The van der Waals surface area contributed by atoms with E-state index in [1.807, 2.05) is 38.1 Å². The molecule has 5 heteroatoms. The van der Waals surface area contributed by atoms with E-state index in [0.717, 1.165) is 11.3 Å². The van der Waals surface area contributed by atoms with Gasteiger partial charge in [0.1, 0.15) is 0 Å². The Hall–Kier alpha value is -2.14. The first-order chi connectivity index (χ1) is 10.5. The van der Waals surface area contributed by atoms with Gasteiger partial charge in [0.05, 0.1) is 12.1 Å². The minimum Gasteiger partial charge on any atom is -0.343 e. The number of carbonyl (C=O) groups is 2. The van der Waals surface area contributed by atoms with Crippen molar-refractivity contribution < 1.29 is 9.59 Å². The van der Waals surface area contributed by atoms with Crippen molar-refractivity contribution in [3.8, 4) is 0 Å². The lowest BCUT2D eigenvalue weighted by atomic mass is 10.1. The van der Waals surface area contributed by atoms with Gasteiger partial charge < -0.3 is 10.6 Å². The summed E-state index contributed by atoms with van der Waals surface area (Å²) in [4.78, 5) is 23.9. The van der Waals surface area contributed by atoms with Gasteiger partial charge in [-0.05, 0) is 65.2 Å². The number of rotatable bonds is 4. The number of carbonyl (C=O) groups excluding carboxylic acids is 2. The van der Waals surface area contributed by atoms with Crippen LogP contribution < -0.4 is 10.6 Å². The van der Waals surface area contributed by atoms with Crippen LogP contribution in [0.2, 0.25) is 0 Å². The molecule has 0 fully saturated rings. The maximum absolute atomic E-state index is 12.0. The third-order valence-corrected chi connectivity index (χ3v) is 4.01. The highest BCUT2D eigenvalue weighted by Gasteiger charge is 2.11. The van der Waals surface area contributed by atoms with Gasteiger partial charge in [0.2, 0.25) is 5.91 Å². The minimum atomic E-state index is -0.289. The fourth-order valence-electron chi connectivity index (χ4n) is 1.93. The normalized spacial score (nSPS) is 10.1. The van der Waals surface area contributed by atoms with Crippen LogP contribution in [-0.4, -0.2) is 18.4 Å². The van der Waals surface area contributed by atoms with Gasteiger partial charge in [-0.2, -0.15) is 0 Å². The Labute approximate surface area is 138 Å². The van der Waals surface area contributed by atoms with Crippen molar-refractivity contribution in [1.29, 1.82) is 0 Å². The molecule has 0 saturated carbocycles. The van der Waals surface area contributed by atoms with Crippen molar-refractivity contribution in [3.63, 3.8) is 0 Å². The number of halogens is 1. The molecule has 114 valence electrons. The topological polar surface area (TPSA) is 58.2 Å². The second kappa shape index (κ2) is 7.22. The summed E-state index contributed by atoms with van der Waals surface area (Å²) in [6.07, 6.45) is 0. The van der Waals surface area contributed by atoms with Crippen molar-refractivity contribution in [3.05, 3.63) is 63.6 Å². The number of nitrogens with one attached hydrogen (secondary N) is 2. The van der Waals surface area contributed by atoms with E-state index in [1.165, 1.54) is 5.56 Å². The van der Waals surface area contributed by atoms with Crippen LogP contribution in [-0.2, 0) is 4.79 Å². The highest BCUT2D eigenvalue weighted by molar-refractivity contribution is 9.10. The van der Waals surface area contributed by atoms with Gasteiger partial charge in [-0.1, -0.05) is 18.2 Å². The van der Waals surface area contributed by atoms with Crippen LogP contribution in [0.15, 0.2) is 46.9 Å². The number of amides is 2. The molecule has 0 aliphatic rings. The van der Waals surface area contributed by atoms with E-state index in [1.54, 1.807) is 18.2 Å². The molecule has 0 spiro atoms. The lowest BCUT2D eigenvalue weighted by molar-refractivity contribution is -0.115. The van der Waals surface area contributed by atoms with Gasteiger partial charge in [-0.25, -0.2) is 0 Å². The van der Waals surface area contributed by atoms with E-state index in [0.29, 0.717) is 10.0 Å². The largest absolute Gasteiger partial charge is 0.343 e. The number of hydrogen-bond donors (Lipinski definition) is 2. The lowest BCUT2D eigenvalue weighted by Crippen LogP contribution is -2.33. The molecular weight excluding hydrogens is 344 g/mol. The molecule has 2 aromatic carbocycles. The molecule has 0 aliphatic carbocycles. The number of aryl methyl sites for hydroxylation is 2. The van der Waals surface area contributed by atoms with Crippen LogP contribution in [0.5, 0.6) is 0 Å². The highest BCUT2D eigenvalue weighted by Crippen LogP contribution is 2.16. The molecule has 0 atom stereocenters. The van der Waals surface area contributed by atoms with Crippen molar-refractivity contribution in [2.24, 2.45) is 0 Å². The predicted molar refractivity (Wildman–Crippen MR) is 91.0 cm³/mol. The van der Waals surface area contributed by atoms with Gasteiger partial charge >= 0.3 is 0 Å². The van der Waals surface area contributed by atoms with E-state index in [9.17, 15) is 9.59 Å². The summed E-state index contributed by atoms with van der Waals surface area (Å²) in [7, 11) is 0. The average molecular weight is 361 g/mol. The summed E-state index contributed by atoms with van der Waals surface area (Å²) in [6.45, 7) is 3.92. The van der Waals surface area contributed by atoms with Crippen molar-refractivity contribution >= 4 is 33.4 Å². The fourth-order valence-corrected chi connectivity index (χ4v) is 2.39. The Morgan fingerprint density at radius 1 is 1.05 bits per heavy atom. The summed E-state index contributed by atoms with van der Waals surface area (Å²) < 4.78 is 0.696. The molecule has 2 amide bonds. The SMILES string of the molecule is Cc1ccc(NC(=O)CNC(=O)c2ccccc2Br)cc1C. The fraction of sp³-hybridized carbons (Fsp3) is 0.176. The van der Waals surface area contributed by atoms with E-state index in [4.69, 9.17) is 0 Å². The molecule has 22 heavy (non-hydrogen) atoms. The zero-order valence-electron chi connectivity index (χ0n) is 12.4. The average Bonchev–Trinajstić information content (AvgIpc) is 2.49. The number of anilines is 1. The quantitative estimate of drug-likeness (QED) is 0.877. The molecule has 2 aromatic rings. The second-order valence-electron chi connectivity index (χ2n) is 5.01. The van der Waals surface area contributed by atoms with Crippen LogP contribution in [0.3, 0.4) is 0 Å². The zero-order chi connectivity index (χ0) is 16.1. The monoisotopic (exact) mass is 360 g/mol. The van der Waals surface area contributed by atoms with Crippen LogP contribution in [0, 0.1) is 13.8 Å². The summed E-state index contributed by atoms with van der Waals surface area (Å²) in [6, 6.07) is 12.8. The molecule has 0 unspecified atom stereocenters. The summed E-state index contributed by atoms with van der Waals surface area (Å²) >= 11 is 3.31. The summed E-state index contributed by atoms with van der Waals surface area (Å²) in [5, 5.41) is 5.37. The van der Waals surface area contributed by atoms with Gasteiger partial charge in [-0.15, -0.1) is 0 Å². The van der Waals surface area contributed by atoms with E-state index >= 15 is 0 Å². The molecule has 0 saturated heterocycles. The Morgan fingerprint density at radius 2 is 1.77 bits per heavy atom. The maximum atomic E-state index is 12.0.